The van der Waals surface area contributed by atoms with E-state index in [2.05, 4.69) is 17.8 Å². The second kappa shape index (κ2) is 8.14. The first-order chi connectivity index (χ1) is 10.6. The van der Waals surface area contributed by atoms with Gasteiger partial charge in [-0.3, -0.25) is 4.79 Å². The average molecular weight is 301 g/mol. The number of nitrogens with one attached hydrogen (secondary N) is 1. The monoisotopic (exact) mass is 301 g/mol. The van der Waals surface area contributed by atoms with Crippen molar-refractivity contribution in [2.24, 2.45) is 0 Å². The number of carbonyl (C=O) groups is 1. The van der Waals surface area contributed by atoms with Crippen LogP contribution in [0.15, 0.2) is 30.9 Å². The van der Waals surface area contributed by atoms with Crippen molar-refractivity contribution in [1.29, 1.82) is 0 Å². The second-order valence-electron chi connectivity index (χ2n) is 4.85. The lowest BCUT2D eigenvalue weighted by molar-refractivity contribution is 0.0916. The summed E-state index contributed by atoms with van der Waals surface area (Å²) in [5, 5.41) is 2.92. The molecule has 118 valence electrons. The maximum absolute atomic E-state index is 12.4. The van der Waals surface area contributed by atoms with Crippen molar-refractivity contribution in [3.8, 4) is 23.8 Å². The molecule has 4 nitrogen and oxygen atoms in total. The van der Waals surface area contributed by atoms with Gasteiger partial charge in [-0.2, -0.15) is 0 Å². The Labute approximate surface area is 132 Å². The molecule has 1 rings (SSSR count). The fraction of sp³-hybridized carbons (Fsp3) is 0.389. The fourth-order valence-corrected chi connectivity index (χ4v) is 2.03. The number of ether oxygens (including phenoxy) is 2. The predicted molar refractivity (Wildman–Crippen MR) is 88.3 cm³/mol. The molecule has 22 heavy (non-hydrogen) atoms. The van der Waals surface area contributed by atoms with Crippen molar-refractivity contribution < 1.29 is 14.3 Å². The highest BCUT2D eigenvalue weighted by atomic mass is 16.5. The molecule has 4 heteroatoms. The first-order valence-corrected chi connectivity index (χ1v) is 7.27. The van der Waals surface area contributed by atoms with Gasteiger partial charge in [0.15, 0.2) is 11.5 Å². The summed E-state index contributed by atoms with van der Waals surface area (Å²) in [6.45, 7) is 7.88. The van der Waals surface area contributed by atoms with Crippen LogP contribution in [0.5, 0.6) is 11.5 Å². The van der Waals surface area contributed by atoms with Crippen LogP contribution in [0.2, 0.25) is 0 Å². The van der Waals surface area contributed by atoms with Crippen molar-refractivity contribution >= 4 is 5.91 Å². The van der Waals surface area contributed by atoms with E-state index >= 15 is 0 Å². The largest absolute Gasteiger partial charge is 0.493 e. The third kappa shape index (κ3) is 4.05. The molecule has 0 atom stereocenters. The van der Waals surface area contributed by atoms with Crippen molar-refractivity contribution in [1.82, 2.24) is 5.32 Å². The van der Waals surface area contributed by atoms with E-state index in [0.717, 1.165) is 0 Å². The molecule has 0 aliphatic heterocycles. The normalized spacial score (nSPS) is 10.5. The van der Waals surface area contributed by atoms with Gasteiger partial charge in [-0.15, -0.1) is 6.42 Å². The summed E-state index contributed by atoms with van der Waals surface area (Å²) in [4.78, 5) is 12.4. The van der Waals surface area contributed by atoms with Gasteiger partial charge in [0, 0.05) is 5.56 Å². The van der Waals surface area contributed by atoms with Crippen molar-refractivity contribution in [2.45, 2.75) is 32.2 Å². The number of benzene rings is 1. The first kappa shape index (κ1) is 17.6. The molecule has 0 radical (unpaired) electrons. The quantitative estimate of drug-likeness (QED) is 0.592. The highest BCUT2D eigenvalue weighted by Crippen LogP contribution is 2.28. The molecule has 0 aliphatic carbocycles. The Morgan fingerprint density at radius 2 is 2.09 bits per heavy atom. The molecule has 0 fully saturated rings. The standard InChI is InChI=1S/C18H23NO3/c1-6-12-22-15-11-10-14(13-16(15)21-5)17(20)19-18(7-2,8-3)9-4/h2,6,10-11,13H,1,8-9,12H2,3-5H3,(H,19,20). The van der Waals surface area contributed by atoms with Crippen molar-refractivity contribution in [3.05, 3.63) is 36.4 Å². The van der Waals surface area contributed by atoms with E-state index in [-0.39, 0.29) is 5.91 Å². The lowest BCUT2D eigenvalue weighted by Gasteiger charge is -2.27. The van der Waals surface area contributed by atoms with Gasteiger partial charge in [-0.25, -0.2) is 0 Å². The number of terminal acetylenes is 1. The predicted octanol–water partition coefficient (Wildman–Crippen LogP) is 3.18. The van der Waals surface area contributed by atoms with Crippen LogP contribution in [0.4, 0.5) is 0 Å². The van der Waals surface area contributed by atoms with E-state index < -0.39 is 5.54 Å². The number of methoxy groups -OCH3 is 1. The van der Waals surface area contributed by atoms with E-state index in [1.165, 1.54) is 7.11 Å². The van der Waals surface area contributed by atoms with E-state index in [4.69, 9.17) is 15.9 Å². The van der Waals surface area contributed by atoms with Crippen LogP contribution in [-0.4, -0.2) is 25.2 Å². The molecule has 0 spiro atoms. The third-order valence-electron chi connectivity index (χ3n) is 3.62. The van der Waals surface area contributed by atoms with Gasteiger partial charge in [0.25, 0.3) is 5.91 Å². The summed E-state index contributed by atoms with van der Waals surface area (Å²) in [6, 6.07) is 5.02. The van der Waals surface area contributed by atoms with Gasteiger partial charge in [0.05, 0.1) is 7.11 Å². The third-order valence-corrected chi connectivity index (χ3v) is 3.62. The first-order valence-electron chi connectivity index (χ1n) is 7.27. The summed E-state index contributed by atoms with van der Waals surface area (Å²) >= 11 is 0. The molecule has 0 aliphatic rings. The van der Waals surface area contributed by atoms with Crippen LogP contribution in [0, 0.1) is 12.3 Å². The zero-order chi connectivity index (χ0) is 16.6. The van der Waals surface area contributed by atoms with Crippen LogP contribution >= 0.6 is 0 Å². The molecule has 1 amide bonds. The fourth-order valence-electron chi connectivity index (χ4n) is 2.03. The van der Waals surface area contributed by atoms with Gasteiger partial charge >= 0.3 is 0 Å². The Kier molecular flexibility index (Phi) is 6.52. The van der Waals surface area contributed by atoms with Crippen molar-refractivity contribution in [2.75, 3.05) is 13.7 Å². The number of carbonyl (C=O) groups excluding carboxylic acids is 1. The molecule has 1 aromatic carbocycles. The Morgan fingerprint density at radius 3 is 2.59 bits per heavy atom. The Hall–Kier alpha value is -2.41. The minimum atomic E-state index is -0.623. The highest BCUT2D eigenvalue weighted by Gasteiger charge is 2.26. The lowest BCUT2D eigenvalue weighted by atomic mass is 9.93. The van der Waals surface area contributed by atoms with Crippen LogP contribution in [0.1, 0.15) is 37.0 Å². The topological polar surface area (TPSA) is 47.6 Å². The summed E-state index contributed by atoms with van der Waals surface area (Å²) in [7, 11) is 1.53. The molecule has 0 bridgehead atoms. The number of amides is 1. The molecule has 0 unspecified atom stereocenters. The smallest absolute Gasteiger partial charge is 0.252 e. The zero-order valence-electron chi connectivity index (χ0n) is 13.4. The van der Waals surface area contributed by atoms with Gasteiger partial charge in [-0.1, -0.05) is 32.4 Å². The summed E-state index contributed by atoms with van der Waals surface area (Å²) in [6.07, 6.45) is 8.55. The van der Waals surface area contributed by atoms with Gasteiger partial charge < -0.3 is 14.8 Å². The number of hydrogen-bond acceptors (Lipinski definition) is 3. The average Bonchev–Trinajstić information content (AvgIpc) is 2.57. The zero-order valence-corrected chi connectivity index (χ0v) is 13.4. The molecule has 0 saturated heterocycles. The molecule has 1 N–H and O–H groups in total. The molecule has 0 heterocycles. The Bertz CT molecular complexity index is 568. The number of hydrogen-bond donors (Lipinski definition) is 1. The van der Waals surface area contributed by atoms with Crippen LogP contribution in [0.3, 0.4) is 0 Å². The molecular weight excluding hydrogens is 278 g/mol. The summed E-state index contributed by atoms with van der Waals surface area (Å²) in [5.41, 5.74) is -0.146. The van der Waals surface area contributed by atoms with Crippen LogP contribution in [0.25, 0.3) is 0 Å². The van der Waals surface area contributed by atoms with Gasteiger partial charge in [0.2, 0.25) is 0 Å². The molecule has 0 saturated carbocycles. The lowest BCUT2D eigenvalue weighted by Crippen LogP contribution is -2.46. The SMILES string of the molecule is C#CC(CC)(CC)NC(=O)c1ccc(OCC=C)c(OC)c1. The Morgan fingerprint density at radius 1 is 1.41 bits per heavy atom. The van der Waals surface area contributed by atoms with Crippen molar-refractivity contribution in [3.63, 3.8) is 0 Å². The summed E-state index contributed by atoms with van der Waals surface area (Å²) in [5.74, 6) is 3.52. The van der Waals surface area contributed by atoms with Gasteiger partial charge in [0.1, 0.15) is 12.1 Å². The maximum atomic E-state index is 12.4. The molecule has 1 aromatic rings. The number of rotatable bonds is 8. The van der Waals surface area contributed by atoms with E-state index in [0.29, 0.717) is 36.5 Å². The van der Waals surface area contributed by atoms with Crippen LogP contribution < -0.4 is 14.8 Å². The Balaban J connectivity index is 2.99. The van der Waals surface area contributed by atoms with E-state index in [9.17, 15) is 4.79 Å². The minimum absolute atomic E-state index is 0.227. The van der Waals surface area contributed by atoms with E-state index in [1.807, 2.05) is 13.8 Å². The highest BCUT2D eigenvalue weighted by molar-refractivity contribution is 5.95. The minimum Gasteiger partial charge on any atom is -0.493 e. The molecule has 0 aromatic heterocycles. The van der Waals surface area contributed by atoms with Gasteiger partial charge in [-0.05, 0) is 31.0 Å². The second-order valence-corrected chi connectivity index (χ2v) is 4.85. The van der Waals surface area contributed by atoms with Crippen LogP contribution in [-0.2, 0) is 0 Å². The summed E-state index contributed by atoms with van der Waals surface area (Å²) < 4.78 is 10.7. The maximum Gasteiger partial charge on any atom is 0.252 e. The van der Waals surface area contributed by atoms with E-state index in [1.54, 1.807) is 24.3 Å². The molecular formula is C18H23NO3.